The van der Waals surface area contributed by atoms with E-state index in [1.165, 1.54) is 7.11 Å². The first kappa shape index (κ1) is 16.7. The molecule has 6 nitrogen and oxygen atoms in total. The summed E-state index contributed by atoms with van der Waals surface area (Å²) in [5, 5.41) is 18.7. The van der Waals surface area contributed by atoms with Crippen molar-refractivity contribution >= 4 is 0 Å². The molecule has 0 aliphatic heterocycles. The second kappa shape index (κ2) is 9.55. The Morgan fingerprint density at radius 3 is 2.55 bits per heavy atom. The molecule has 0 fully saturated rings. The molecule has 0 spiro atoms. The maximum atomic E-state index is 9.70. The van der Waals surface area contributed by atoms with E-state index in [9.17, 15) is 5.11 Å². The van der Waals surface area contributed by atoms with Crippen molar-refractivity contribution in [2.45, 2.75) is 12.7 Å². The van der Waals surface area contributed by atoms with Crippen molar-refractivity contribution in [3.05, 3.63) is 23.8 Å². The number of aliphatic hydroxyl groups excluding tert-OH is 2. The molecule has 114 valence electrons. The van der Waals surface area contributed by atoms with Gasteiger partial charge >= 0.3 is 0 Å². The van der Waals surface area contributed by atoms with Crippen molar-refractivity contribution in [2.75, 3.05) is 40.6 Å². The van der Waals surface area contributed by atoms with Crippen LogP contribution in [-0.4, -0.2) is 57.0 Å². The summed E-state index contributed by atoms with van der Waals surface area (Å²) in [4.78, 5) is 0. The number of hydrogen-bond donors (Lipinski definition) is 2. The topological polar surface area (TPSA) is 77.4 Å². The van der Waals surface area contributed by atoms with Crippen LogP contribution >= 0.6 is 0 Å². The fourth-order valence-corrected chi connectivity index (χ4v) is 1.53. The first-order valence-electron chi connectivity index (χ1n) is 6.36. The van der Waals surface area contributed by atoms with Gasteiger partial charge in [-0.2, -0.15) is 0 Å². The van der Waals surface area contributed by atoms with Gasteiger partial charge < -0.3 is 29.2 Å². The normalized spacial score (nSPS) is 12.2. The van der Waals surface area contributed by atoms with E-state index in [-0.39, 0.29) is 19.8 Å². The van der Waals surface area contributed by atoms with Gasteiger partial charge in [0.1, 0.15) is 12.7 Å². The first-order valence-corrected chi connectivity index (χ1v) is 6.36. The minimum absolute atomic E-state index is 0.0629. The summed E-state index contributed by atoms with van der Waals surface area (Å²) in [6.45, 7) is 1.14. The lowest BCUT2D eigenvalue weighted by Gasteiger charge is -2.15. The van der Waals surface area contributed by atoms with Gasteiger partial charge in [-0.05, 0) is 17.7 Å². The van der Waals surface area contributed by atoms with Crippen molar-refractivity contribution in [1.82, 2.24) is 0 Å². The molecule has 0 saturated carbocycles. The van der Waals surface area contributed by atoms with Crippen LogP contribution < -0.4 is 9.47 Å². The van der Waals surface area contributed by atoms with Gasteiger partial charge in [-0.3, -0.25) is 0 Å². The number of ether oxygens (including phenoxy) is 4. The molecule has 0 saturated heterocycles. The highest BCUT2D eigenvalue weighted by molar-refractivity contribution is 5.42. The van der Waals surface area contributed by atoms with Gasteiger partial charge in [0.05, 0.1) is 33.5 Å². The van der Waals surface area contributed by atoms with Crippen molar-refractivity contribution in [3.8, 4) is 11.5 Å². The van der Waals surface area contributed by atoms with Crippen molar-refractivity contribution < 1.29 is 29.2 Å². The molecule has 0 bridgehead atoms. The molecular weight excluding hydrogens is 264 g/mol. The van der Waals surface area contributed by atoms with Crippen LogP contribution in [0.1, 0.15) is 5.56 Å². The fraction of sp³-hybridized carbons (Fsp3) is 0.571. The molecule has 0 radical (unpaired) electrons. The zero-order valence-electron chi connectivity index (χ0n) is 11.9. The average molecular weight is 286 g/mol. The third kappa shape index (κ3) is 5.75. The third-order valence-electron chi connectivity index (χ3n) is 2.58. The summed E-state index contributed by atoms with van der Waals surface area (Å²) in [5.41, 5.74) is 0.734. The van der Waals surface area contributed by atoms with E-state index in [0.717, 1.165) is 5.56 Å². The van der Waals surface area contributed by atoms with Gasteiger partial charge in [-0.25, -0.2) is 0 Å². The van der Waals surface area contributed by atoms with Crippen LogP contribution in [0.3, 0.4) is 0 Å². The molecule has 1 aromatic rings. The summed E-state index contributed by atoms with van der Waals surface area (Å²) < 4.78 is 20.7. The van der Waals surface area contributed by atoms with Crippen LogP contribution in [0.4, 0.5) is 0 Å². The summed E-state index contributed by atoms with van der Waals surface area (Å²) in [6, 6.07) is 5.12. The summed E-state index contributed by atoms with van der Waals surface area (Å²) in [5.74, 6) is 1.03. The second-order valence-electron chi connectivity index (χ2n) is 4.18. The Morgan fingerprint density at radius 2 is 1.90 bits per heavy atom. The van der Waals surface area contributed by atoms with Crippen LogP contribution in [0.25, 0.3) is 0 Å². The molecule has 2 N–H and O–H groups in total. The van der Waals surface area contributed by atoms with E-state index in [1.54, 1.807) is 25.3 Å². The second-order valence-corrected chi connectivity index (χ2v) is 4.18. The Morgan fingerprint density at radius 1 is 1.10 bits per heavy atom. The third-order valence-corrected chi connectivity index (χ3v) is 2.58. The molecule has 0 aliphatic rings. The number of rotatable bonds is 10. The maximum Gasteiger partial charge on any atom is 0.161 e. The van der Waals surface area contributed by atoms with Gasteiger partial charge in [0.15, 0.2) is 11.5 Å². The lowest BCUT2D eigenvalue weighted by molar-refractivity contribution is -0.00450. The largest absolute Gasteiger partial charge is 0.493 e. The zero-order chi connectivity index (χ0) is 14.8. The number of methoxy groups -OCH3 is 2. The van der Waals surface area contributed by atoms with Crippen LogP contribution in [-0.2, 0) is 16.1 Å². The molecule has 1 unspecified atom stereocenters. The number of aliphatic hydroxyl groups is 2. The Bertz CT molecular complexity index is 382. The molecule has 0 amide bonds. The highest BCUT2D eigenvalue weighted by Gasteiger charge is 2.09. The van der Waals surface area contributed by atoms with Gasteiger partial charge in [0.25, 0.3) is 0 Å². The van der Waals surface area contributed by atoms with E-state index in [4.69, 9.17) is 24.1 Å². The predicted molar refractivity (Wildman–Crippen MR) is 73.1 cm³/mol. The maximum absolute atomic E-state index is 9.70. The standard InChI is InChI=1S/C14H22O6/c1-17-5-6-19-9-12(16)10-20-13-4-3-11(8-15)7-14(13)18-2/h3-4,7,12,15-16H,5-6,8-10H2,1-2H3. The van der Waals surface area contributed by atoms with E-state index in [1.807, 2.05) is 0 Å². The van der Waals surface area contributed by atoms with Crippen LogP contribution in [0.2, 0.25) is 0 Å². The Balaban J connectivity index is 2.40. The van der Waals surface area contributed by atoms with E-state index in [2.05, 4.69) is 0 Å². The summed E-state index contributed by atoms with van der Waals surface area (Å²) in [6.07, 6.45) is -0.728. The van der Waals surface area contributed by atoms with Crippen LogP contribution in [0.15, 0.2) is 18.2 Å². The van der Waals surface area contributed by atoms with Gasteiger partial charge in [-0.1, -0.05) is 6.07 Å². The van der Waals surface area contributed by atoms with Crippen LogP contribution in [0, 0.1) is 0 Å². The molecule has 20 heavy (non-hydrogen) atoms. The highest BCUT2D eigenvalue weighted by atomic mass is 16.5. The lowest BCUT2D eigenvalue weighted by atomic mass is 10.2. The molecule has 1 aromatic carbocycles. The molecular formula is C14H22O6. The predicted octanol–water partition coefficient (Wildman–Crippen LogP) is 0.590. The minimum atomic E-state index is -0.728. The number of benzene rings is 1. The molecule has 6 heteroatoms. The quantitative estimate of drug-likeness (QED) is 0.613. The fourth-order valence-electron chi connectivity index (χ4n) is 1.53. The Labute approximate surface area is 118 Å². The van der Waals surface area contributed by atoms with E-state index in [0.29, 0.717) is 24.7 Å². The summed E-state index contributed by atoms with van der Waals surface area (Å²) in [7, 11) is 3.11. The summed E-state index contributed by atoms with van der Waals surface area (Å²) >= 11 is 0. The zero-order valence-corrected chi connectivity index (χ0v) is 11.9. The van der Waals surface area contributed by atoms with Crippen molar-refractivity contribution in [2.24, 2.45) is 0 Å². The van der Waals surface area contributed by atoms with Crippen LogP contribution in [0.5, 0.6) is 11.5 Å². The Kier molecular flexibility index (Phi) is 7.98. The van der Waals surface area contributed by atoms with Gasteiger partial charge in [-0.15, -0.1) is 0 Å². The number of hydrogen-bond acceptors (Lipinski definition) is 6. The Hall–Kier alpha value is -1.34. The lowest BCUT2D eigenvalue weighted by Crippen LogP contribution is -2.24. The van der Waals surface area contributed by atoms with Gasteiger partial charge in [0, 0.05) is 7.11 Å². The monoisotopic (exact) mass is 286 g/mol. The first-order chi connectivity index (χ1) is 9.71. The van der Waals surface area contributed by atoms with Gasteiger partial charge in [0.2, 0.25) is 0 Å². The SMILES string of the molecule is COCCOCC(O)COc1ccc(CO)cc1OC. The molecule has 0 heterocycles. The molecule has 0 aliphatic carbocycles. The van der Waals surface area contributed by atoms with E-state index >= 15 is 0 Å². The van der Waals surface area contributed by atoms with E-state index < -0.39 is 6.10 Å². The van der Waals surface area contributed by atoms with Crippen molar-refractivity contribution in [1.29, 1.82) is 0 Å². The van der Waals surface area contributed by atoms with Crippen molar-refractivity contribution in [3.63, 3.8) is 0 Å². The molecule has 1 atom stereocenters. The minimum Gasteiger partial charge on any atom is -0.493 e. The smallest absolute Gasteiger partial charge is 0.161 e. The highest BCUT2D eigenvalue weighted by Crippen LogP contribution is 2.28. The molecule has 1 rings (SSSR count). The average Bonchev–Trinajstić information content (AvgIpc) is 2.49. The molecule has 0 aromatic heterocycles.